The molecule has 3 aromatic rings. The van der Waals surface area contributed by atoms with Crippen molar-refractivity contribution < 1.29 is 13.2 Å². The highest BCUT2D eigenvalue weighted by Crippen LogP contribution is 2.27. The Labute approximate surface area is 167 Å². The van der Waals surface area contributed by atoms with Crippen LogP contribution in [-0.4, -0.2) is 37.2 Å². The van der Waals surface area contributed by atoms with Crippen LogP contribution in [0.15, 0.2) is 55.8 Å². The van der Waals surface area contributed by atoms with Gasteiger partial charge in [-0.1, -0.05) is 34.1 Å². The standard InChI is InChI=1S/C16H14BrN3O3S3/c1-20(26(22,23)15-6-3-7-24-15)9-14(21)19-16-18-13(10-25-16)11-4-2-5-12(17)8-11/h2-8,10H,9H2,1H3,(H,18,19,21). The lowest BCUT2D eigenvalue weighted by molar-refractivity contribution is -0.116. The number of hydrogen-bond acceptors (Lipinski definition) is 6. The van der Waals surface area contributed by atoms with Crippen LogP contribution in [0.1, 0.15) is 0 Å². The number of halogens is 1. The molecular formula is C16H14BrN3O3S3. The monoisotopic (exact) mass is 471 g/mol. The molecule has 0 spiro atoms. The predicted molar refractivity (Wildman–Crippen MR) is 108 cm³/mol. The van der Waals surface area contributed by atoms with Crippen LogP contribution in [0.3, 0.4) is 0 Å². The van der Waals surface area contributed by atoms with E-state index in [2.05, 4.69) is 26.2 Å². The third-order valence-electron chi connectivity index (χ3n) is 3.40. The highest BCUT2D eigenvalue weighted by atomic mass is 79.9. The number of carbonyl (C=O) groups is 1. The fraction of sp³-hybridized carbons (Fsp3) is 0.125. The number of nitrogens with zero attached hydrogens (tertiary/aromatic N) is 2. The van der Waals surface area contributed by atoms with E-state index in [9.17, 15) is 13.2 Å². The van der Waals surface area contributed by atoms with Gasteiger partial charge < -0.3 is 5.32 Å². The SMILES string of the molecule is CN(CC(=O)Nc1nc(-c2cccc(Br)c2)cs1)S(=O)(=O)c1cccs1. The van der Waals surface area contributed by atoms with E-state index in [1.165, 1.54) is 24.5 Å². The maximum atomic E-state index is 12.3. The minimum atomic E-state index is -3.66. The topological polar surface area (TPSA) is 79.4 Å². The Morgan fingerprint density at radius 2 is 2.08 bits per heavy atom. The molecule has 0 fully saturated rings. The quantitative estimate of drug-likeness (QED) is 0.591. The summed E-state index contributed by atoms with van der Waals surface area (Å²) in [6.07, 6.45) is 0. The average Bonchev–Trinajstić information content (AvgIpc) is 3.26. The van der Waals surface area contributed by atoms with Crippen molar-refractivity contribution in [2.45, 2.75) is 4.21 Å². The second-order valence-corrected chi connectivity index (χ2v) is 10.3. The molecule has 0 aliphatic carbocycles. The van der Waals surface area contributed by atoms with Gasteiger partial charge in [-0.25, -0.2) is 13.4 Å². The lowest BCUT2D eigenvalue weighted by Crippen LogP contribution is -2.34. The zero-order valence-corrected chi connectivity index (χ0v) is 17.6. The number of aromatic nitrogens is 1. The molecule has 26 heavy (non-hydrogen) atoms. The average molecular weight is 472 g/mol. The van der Waals surface area contributed by atoms with Crippen molar-refractivity contribution in [2.75, 3.05) is 18.9 Å². The molecule has 0 saturated carbocycles. The van der Waals surface area contributed by atoms with E-state index in [1.807, 2.05) is 29.6 Å². The van der Waals surface area contributed by atoms with Crippen LogP contribution in [0.4, 0.5) is 5.13 Å². The Morgan fingerprint density at radius 3 is 2.77 bits per heavy atom. The molecule has 1 aromatic carbocycles. The van der Waals surface area contributed by atoms with Crippen LogP contribution in [0.5, 0.6) is 0 Å². The molecule has 10 heteroatoms. The van der Waals surface area contributed by atoms with Crippen LogP contribution >= 0.6 is 38.6 Å². The van der Waals surface area contributed by atoms with Gasteiger partial charge in [0.25, 0.3) is 10.0 Å². The summed E-state index contributed by atoms with van der Waals surface area (Å²) in [6, 6.07) is 10.8. The number of anilines is 1. The second-order valence-electron chi connectivity index (χ2n) is 5.29. The number of likely N-dealkylation sites (N-methyl/N-ethyl adjacent to an activating group) is 1. The van der Waals surface area contributed by atoms with Gasteiger partial charge in [0.05, 0.1) is 12.2 Å². The van der Waals surface area contributed by atoms with Gasteiger partial charge in [0.15, 0.2) is 5.13 Å². The first-order valence-electron chi connectivity index (χ1n) is 7.37. The molecule has 0 bridgehead atoms. The number of thiophene rings is 1. The highest BCUT2D eigenvalue weighted by Gasteiger charge is 2.24. The number of benzene rings is 1. The summed E-state index contributed by atoms with van der Waals surface area (Å²) in [5, 5.41) is 6.59. The molecule has 0 radical (unpaired) electrons. The summed E-state index contributed by atoms with van der Waals surface area (Å²) in [6.45, 7) is -0.286. The van der Waals surface area contributed by atoms with Crippen molar-refractivity contribution in [3.63, 3.8) is 0 Å². The summed E-state index contributed by atoms with van der Waals surface area (Å²) in [7, 11) is -2.28. The van der Waals surface area contributed by atoms with Crippen molar-refractivity contribution in [3.8, 4) is 11.3 Å². The summed E-state index contributed by atoms with van der Waals surface area (Å²) in [5.74, 6) is -0.442. The lowest BCUT2D eigenvalue weighted by atomic mass is 10.2. The predicted octanol–water partition coefficient (Wildman–Crippen LogP) is 3.89. The van der Waals surface area contributed by atoms with Gasteiger partial charge in [-0.05, 0) is 23.6 Å². The Bertz CT molecular complexity index is 1020. The van der Waals surface area contributed by atoms with E-state index in [0.717, 1.165) is 31.4 Å². The molecule has 1 N–H and O–H groups in total. The van der Waals surface area contributed by atoms with Crippen LogP contribution < -0.4 is 5.32 Å². The minimum absolute atomic E-state index is 0.207. The van der Waals surface area contributed by atoms with Crippen LogP contribution in [0, 0.1) is 0 Å². The number of amides is 1. The van der Waals surface area contributed by atoms with Gasteiger partial charge in [0.1, 0.15) is 4.21 Å². The number of nitrogens with one attached hydrogen (secondary N) is 1. The van der Waals surface area contributed by atoms with Crippen LogP contribution in [-0.2, 0) is 14.8 Å². The lowest BCUT2D eigenvalue weighted by Gasteiger charge is -2.14. The molecule has 0 aliphatic heterocycles. The van der Waals surface area contributed by atoms with E-state index in [4.69, 9.17) is 0 Å². The zero-order valence-electron chi connectivity index (χ0n) is 13.5. The maximum absolute atomic E-state index is 12.3. The van der Waals surface area contributed by atoms with Crippen molar-refractivity contribution in [2.24, 2.45) is 0 Å². The number of carbonyl (C=O) groups excluding carboxylic acids is 1. The fourth-order valence-corrected chi connectivity index (χ4v) is 5.58. The highest BCUT2D eigenvalue weighted by molar-refractivity contribution is 9.10. The van der Waals surface area contributed by atoms with Crippen molar-refractivity contribution >= 4 is 59.7 Å². The van der Waals surface area contributed by atoms with E-state index in [0.29, 0.717) is 5.13 Å². The van der Waals surface area contributed by atoms with E-state index >= 15 is 0 Å². The van der Waals surface area contributed by atoms with Gasteiger partial charge in [-0.15, -0.1) is 22.7 Å². The molecule has 3 rings (SSSR count). The number of hydrogen-bond donors (Lipinski definition) is 1. The first-order valence-corrected chi connectivity index (χ1v) is 11.4. The van der Waals surface area contributed by atoms with Crippen molar-refractivity contribution in [1.29, 1.82) is 0 Å². The van der Waals surface area contributed by atoms with E-state index < -0.39 is 15.9 Å². The Kier molecular flexibility index (Phi) is 5.88. The normalized spacial score (nSPS) is 11.7. The molecule has 136 valence electrons. The summed E-state index contributed by atoms with van der Waals surface area (Å²) >= 11 is 5.82. The first-order chi connectivity index (χ1) is 12.4. The molecule has 1 amide bonds. The van der Waals surface area contributed by atoms with Gasteiger partial charge in [0, 0.05) is 22.5 Å². The Balaban J connectivity index is 1.66. The van der Waals surface area contributed by atoms with Gasteiger partial charge in [-0.2, -0.15) is 4.31 Å². The first kappa shape index (κ1) is 19.2. The van der Waals surface area contributed by atoms with E-state index in [1.54, 1.807) is 11.4 Å². The van der Waals surface area contributed by atoms with Gasteiger partial charge >= 0.3 is 0 Å². The smallest absolute Gasteiger partial charge is 0.252 e. The Hall–Kier alpha value is -1.59. The van der Waals surface area contributed by atoms with E-state index in [-0.39, 0.29) is 10.8 Å². The second kappa shape index (κ2) is 7.97. The third-order valence-corrected chi connectivity index (χ3v) is 7.82. The summed E-state index contributed by atoms with van der Waals surface area (Å²) in [5.41, 5.74) is 1.67. The van der Waals surface area contributed by atoms with Crippen molar-refractivity contribution in [1.82, 2.24) is 9.29 Å². The number of rotatable bonds is 6. The molecular weight excluding hydrogens is 458 g/mol. The molecule has 0 atom stereocenters. The number of sulfonamides is 1. The largest absolute Gasteiger partial charge is 0.301 e. The molecule has 0 unspecified atom stereocenters. The van der Waals surface area contributed by atoms with Crippen LogP contribution in [0.2, 0.25) is 0 Å². The third kappa shape index (κ3) is 4.38. The summed E-state index contributed by atoms with van der Waals surface area (Å²) < 4.78 is 26.9. The van der Waals surface area contributed by atoms with Crippen LogP contribution in [0.25, 0.3) is 11.3 Å². The molecule has 2 aromatic heterocycles. The fourth-order valence-electron chi connectivity index (χ4n) is 2.12. The maximum Gasteiger partial charge on any atom is 0.252 e. The molecule has 2 heterocycles. The minimum Gasteiger partial charge on any atom is -0.301 e. The molecule has 6 nitrogen and oxygen atoms in total. The van der Waals surface area contributed by atoms with Crippen molar-refractivity contribution in [3.05, 3.63) is 51.6 Å². The molecule has 0 saturated heterocycles. The number of thiazole rings is 1. The molecule has 0 aliphatic rings. The summed E-state index contributed by atoms with van der Waals surface area (Å²) in [4.78, 5) is 16.6. The van der Waals surface area contributed by atoms with Gasteiger partial charge in [0.2, 0.25) is 5.91 Å². The Morgan fingerprint density at radius 1 is 1.27 bits per heavy atom. The van der Waals surface area contributed by atoms with Gasteiger partial charge in [-0.3, -0.25) is 4.79 Å². The zero-order chi connectivity index (χ0) is 18.7.